The van der Waals surface area contributed by atoms with Crippen LogP contribution in [0.4, 0.5) is 0 Å². The van der Waals surface area contributed by atoms with Gasteiger partial charge >= 0.3 is 0 Å². The summed E-state index contributed by atoms with van der Waals surface area (Å²) in [7, 11) is -1.72. The van der Waals surface area contributed by atoms with E-state index in [1.54, 1.807) is 0 Å². The van der Waals surface area contributed by atoms with Gasteiger partial charge in [-0.25, -0.2) is 0 Å². The van der Waals surface area contributed by atoms with Crippen molar-refractivity contribution in [1.82, 2.24) is 0 Å². The molecule has 0 amide bonds. The molecular formula is C14H22O2Si. The molecule has 0 fully saturated rings. The molecule has 0 aliphatic heterocycles. The molecule has 17 heavy (non-hydrogen) atoms. The van der Waals surface area contributed by atoms with Crippen molar-refractivity contribution < 1.29 is 9.22 Å². The maximum atomic E-state index is 12.4. The van der Waals surface area contributed by atoms with Crippen LogP contribution in [0, 0.1) is 6.92 Å². The first-order valence-corrected chi connectivity index (χ1v) is 9.34. The van der Waals surface area contributed by atoms with Crippen molar-refractivity contribution in [3.05, 3.63) is 35.4 Å². The third-order valence-corrected chi connectivity index (χ3v) is 3.54. The number of hydrogen-bond donors (Lipinski definition) is 0. The highest BCUT2D eigenvalue weighted by molar-refractivity contribution is 6.70. The van der Waals surface area contributed by atoms with E-state index in [2.05, 4.69) is 19.6 Å². The van der Waals surface area contributed by atoms with Crippen molar-refractivity contribution in [3.8, 4) is 0 Å². The Morgan fingerprint density at radius 1 is 1.12 bits per heavy atom. The number of hydrogen-bond acceptors (Lipinski definition) is 2. The van der Waals surface area contributed by atoms with Crippen molar-refractivity contribution in [1.29, 1.82) is 0 Å². The van der Waals surface area contributed by atoms with E-state index < -0.39 is 13.9 Å². The molecule has 0 atom stereocenters. The Bertz CT molecular complexity index is 399. The van der Waals surface area contributed by atoms with Crippen LogP contribution in [0.1, 0.15) is 29.8 Å². The fourth-order valence-electron chi connectivity index (χ4n) is 1.86. The SMILES string of the molecule is Cc1ccc(C(=O)C(C)(C)O[Si](C)(C)C)cc1. The Morgan fingerprint density at radius 2 is 1.59 bits per heavy atom. The third kappa shape index (κ3) is 4.09. The lowest BCUT2D eigenvalue weighted by molar-refractivity contribution is 0.0558. The van der Waals surface area contributed by atoms with Crippen molar-refractivity contribution in [2.75, 3.05) is 0 Å². The summed E-state index contributed by atoms with van der Waals surface area (Å²) in [6.45, 7) is 12.0. The lowest BCUT2D eigenvalue weighted by Gasteiger charge is -2.31. The van der Waals surface area contributed by atoms with Gasteiger partial charge in [-0.05, 0) is 40.4 Å². The first kappa shape index (κ1) is 14.1. The standard InChI is InChI=1S/C14H22O2Si/c1-11-7-9-12(10-8-11)13(15)14(2,3)16-17(4,5)6/h7-10H,1-6H3. The van der Waals surface area contributed by atoms with E-state index in [0.717, 1.165) is 11.1 Å². The van der Waals surface area contributed by atoms with Crippen molar-refractivity contribution >= 4 is 14.1 Å². The zero-order chi connectivity index (χ0) is 13.3. The lowest BCUT2D eigenvalue weighted by Crippen LogP contribution is -2.44. The molecule has 0 aliphatic carbocycles. The van der Waals surface area contributed by atoms with Crippen molar-refractivity contribution in [3.63, 3.8) is 0 Å². The summed E-state index contributed by atoms with van der Waals surface area (Å²) in [4.78, 5) is 12.4. The van der Waals surface area contributed by atoms with Gasteiger partial charge in [-0.2, -0.15) is 0 Å². The third-order valence-electron chi connectivity index (χ3n) is 2.42. The van der Waals surface area contributed by atoms with Crippen LogP contribution in [0.5, 0.6) is 0 Å². The van der Waals surface area contributed by atoms with E-state index in [1.807, 2.05) is 45.0 Å². The summed E-state index contributed by atoms with van der Waals surface area (Å²) in [5.74, 6) is 0.0555. The molecule has 0 bridgehead atoms. The molecule has 0 spiro atoms. The summed E-state index contributed by atoms with van der Waals surface area (Å²) in [5.41, 5.74) is 1.14. The predicted molar refractivity (Wildman–Crippen MR) is 74.0 cm³/mol. The number of rotatable bonds is 4. The molecular weight excluding hydrogens is 228 g/mol. The monoisotopic (exact) mass is 250 g/mol. The number of benzene rings is 1. The van der Waals surface area contributed by atoms with Crippen molar-refractivity contribution in [2.45, 2.75) is 46.0 Å². The lowest BCUT2D eigenvalue weighted by atomic mass is 9.96. The van der Waals surface area contributed by atoms with Gasteiger partial charge in [0.05, 0.1) is 0 Å². The normalized spacial score (nSPS) is 12.6. The second kappa shape index (κ2) is 4.74. The molecule has 94 valence electrons. The smallest absolute Gasteiger partial charge is 0.192 e. The van der Waals surface area contributed by atoms with Gasteiger partial charge in [0.15, 0.2) is 14.1 Å². The number of carbonyl (C=O) groups excluding carboxylic acids is 1. The topological polar surface area (TPSA) is 26.3 Å². The van der Waals surface area contributed by atoms with Crippen LogP contribution < -0.4 is 0 Å². The van der Waals surface area contributed by atoms with Crippen LogP contribution in [-0.4, -0.2) is 19.7 Å². The van der Waals surface area contributed by atoms with Crippen molar-refractivity contribution in [2.24, 2.45) is 0 Å². The van der Waals surface area contributed by atoms with E-state index in [1.165, 1.54) is 0 Å². The van der Waals surface area contributed by atoms with E-state index in [-0.39, 0.29) is 5.78 Å². The minimum Gasteiger partial charge on any atom is -0.405 e. The molecule has 1 aromatic carbocycles. The molecule has 0 heterocycles. The van der Waals surface area contributed by atoms with Crippen LogP contribution in [-0.2, 0) is 4.43 Å². The Balaban J connectivity index is 2.92. The van der Waals surface area contributed by atoms with Gasteiger partial charge in [0.2, 0.25) is 0 Å². The Morgan fingerprint density at radius 3 is 2.00 bits per heavy atom. The van der Waals surface area contributed by atoms with E-state index in [0.29, 0.717) is 0 Å². The molecule has 3 heteroatoms. The summed E-state index contributed by atoms with van der Waals surface area (Å²) in [6, 6.07) is 7.65. The Hall–Kier alpha value is -0.933. The fraction of sp³-hybridized carbons (Fsp3) is 0.500. The molecule has 0 aliphatic rings. The predicted octanol–water partition coefficient (Wildman–Crippen LogP) is 3.81. The highest BCUT2D eigenvalue weighted by Crippen LogP contribution is 2.22. The molecule has 1 aromatic rings. The minimum atomic E-state index is -1.72. The summed E-state index contributed by atoms with van der Waals surface area (Å²) < 4.78 is 5.96. The molecule has 0 saturated carbocycles. The second-order valence-electron chi connectivity index (χ2n) is 5.92. The van der Waals surface area contributed by atoms with Crippen LogP contribution in [0.2, 0.25) is 19.6 Å². The Kier molecular flexibility index (Phi) is 3.94. The molecule has 0 aromatic heterocycles. The zero-order valence-electron chi connectivity index (χ0n) is 11.6. The minimum absolute atomic E-state index is 0.0555. The van der Waals surface area contributed by atoms with Gasteiger partial charge in [0.1, 0.15) is 5.60 Å². The highest BCUT2D eigenvalue weighted by atomic mass is 28.4. The summed E-state index contributed by atoms with van der Waals surface area (Å²) in [5, 5.41) is 0. The van der Waals surface area contributed by atoms with E-state index in [4.69, 9.17) is 4.43 Å². The van der Waals surface area contributed by atoms with Crippen LogP contribution in [0.3, 0.4) is 0 Å². The van der Waals surface area contributed by atoms with Crippen LogP contribution >= 0.6 is 0 Å². The Labute approximate surface area is 105 Å². The van der Waals surface area contributed by atoms with Gasteiger partial charge in [0.25, 0.3) is 0 Å². The van der Waals surface area contributed by atoms with Gasteiger partial charge in [0, 0.05) is 5.56 Å². The van der Waals surface area contributed by atoms with Gasteiger partial charge < -0.3 is 4.43 Å². The molecule has 2 nitrogen and oxygen atoms in total. The number of carbonyl (C=O) groups is 1. The van der Waals surface area contributed by atoms with Gasteiger partial charge in [-0.3, -0.25) is 4.79 Å². The molecule has 0 radical (unpaired) electrons. The zero-order valence-corrected chi connectivity index (χ0v) is 12.6. The highest BCUT2D eigenvalue weighted by Gasteiger charge is 2.34. The molecule has 1 rings (SSSR count). The first-order valence-electron chi connectivity index (χ1n) is 5.93. The maximum Gasteiger partial charge on any atom is 0.192 e. The second-order valence-corrected chi connectivity index (χ2v) is 10.3. The van der Waals surface area contributed by atoms with Crippen LogP contribution in [0.25, 0.3) is 0 Å². The fourth-order valence-corrected chi connectivity index (χ4v) is 3.49. The number of aryl methyl sites for hydroxylation is 1. The van der Waals surface area contributed by atoms with E-state index in [9.17, 15) is 4.79 Å². The van der Waals surface area contributed by atoms with E-state index >= 15 is 0 Å². The molecule has 0 N–H and O–H groups in total. The number of ketones is 1. The van der Waals surface area contributed by atoms with Gasteiger partial charge in [-0.1, -0.05) is 29.8 Å². The largest absolute Gasteiger partial charge is 0.405 e. The van der Waals surface area contributed by atoms with Crippen LogP contribution in [0.15, 0.2) is 24.3 Å². The average Bonchev–Trinajstić information content (AvgIpc) is 2.14. The maximum absolute atomic E-state index is 12.4. The summed E-state index contributed by atoms with van der Waals surface area (Å²) in [6.07, 6.45) is 0. The average molecular weight is 250 g/mol. The number of Topliss-reactive ketones (excluding diaryl/α,β-unsaturated/α-hetero) is 1. The first-order chi connectivity index (χ1) is 7.62. The molecule has 0 saturated heterocycles. The summed E-state index contributed by atoms with van der Waals surface area (Å²) >= 11 is 0. The quantitative estimate of drug-likeness (QED) is 0.600. The molecule has 0 unspecified atom stereocenters. The van der Waals surface area contributed by atoms with Gasteiger partial charge in [-0.15, -0.1) is 0 Å².